The lowest BCUT2D eigenvalue weighted by Gasteiger charge is -2.09. The van der Waals surface area contributed by atoms with Gasteiger partial charge in [-0.3, -0.25) is 10.1 Å². The molecule has 1 fully saturated rings. The van der Waals surface area contributed by atoms with Crippen LogP contribution < -0.4 is 5.32 Å². The third-order valence-corrected chi connectivity index (χ3v) is 2.68. The maximum atomic E-state index is 11.3. The summed E-state index contributed by atoms with van der Waals surface area (Å²) >= 11 is 0. The van der Waals surface area contributed by atoms with Crippen molar-refractivity contribution in [2.24, 2.45) is 0 Å². The first-order valence-corrected chi connectivity index (χ1v) is 5.14. The van der Waals surface area contributed by atoms with Crippen LogP contribution in [-0.2, 0) is 16.0 Å². The molecule has 1 unspecified atom stereocenters. The number of rotatable bonds is 2. The molecule has 0 bridgehead atoms. The van der Waals surface area contributed by atoms with E-state index in [1.807, 2.05) is 32.0 Å². The van der Waals surface area contributed by atoms with E-state index in [-0.39, 0.29) is 5.91 Å². The van der Waals surface area contributed by atoms with Crippen LogP contribution in [0.5, 0.6) is 0 Å². The van der Waals surface area contributed by atoms with Crippen LogP contribution in [0.1, 0.15) is 16.7 Å². The first-order valence-electron chi connectivity index (χ1n) is 5.14. The Morgan fingerprint density at radius 2 is 2.06 bits per heavy atom. The van der Waals surface area contributed by atoms with Gasteiger partial charge in [-0.25, -0.2) is 4.79 Å². The van der Waals surface area contributed by atoms with E-state index >= 15 is 0 Å². The monoisotopic (exact) mass is 219 g/mol. The highest BCUT2D eigenvalue weighted by Crippen LogP contribution is 2.16. The van der Waals surface area contributed by atoms with Crippen molar-refractivity contribution in [1.29, 1.82) is 0 Å². The highest BCUT2D eigenvalue weighted by molar-refractivity contribution is 6.00. The Bertz CT molecular complexity index is 454. The van der Waals surface area contributed by atoms with E-state index in [1.165, 1.54) is 0 Å². The number of carbonyl (C=O) groups excluding carboxylic acids is 2. The Morgan fingerprint density at radius 1 is 1.31 bits per heavy atom. The number of cyclic esters (lactones) is 1. The molecule has 2 rings (SSSR count). The Balaban J connectivity index is 2.18. The van der Waals surface area contributed by atoms with Crippen LogP contribution in [0.2, 0.25) is 0 Å². The maximum absolute atomic E-state index is 11.3. The molecule has 84 valence electrons. The van der Waals surface area contributed by atoms with Crippen molar-refractivity contribution in [2.75, 3.05) is 0 Å². The summed E-state index contributed by atoms with van der Waals surface area (Å²) < 4.78 is 4.87. The molecule has 1 aliphatic heterocycles. The molecule has 1 saturated heterocycles. The van der Waals surface area contributed by atoms with Crippen LogP contribution in [0, 0.1) is 13.8 Å². The molecule has 1 aromatic carbocycles. The minimum absolute atomic E-state index is 0.356. The summed E-state index contributed by atoms with van der Waals surface area (Å²) in [7, 11) is 0. The summed E-state index contributed by atoms with van der Waals surface area (Å²) in [4.78, 5) is 22.2. The standard InChI is InChI=1S/C12H13NO3/c1-7-3-4-8(2)9(5-7)6-10-11(14)13-12(15)16-10/h3-5,10H,6H2,1-2H3,(H,13,14,15). The van der Waals surface area contributed by atoms with Crippen LogP contribution >= 0.6 is 0 Å². The molecule has 0 aromatic heterocycles. The molecule has 0 spiro atoms. The van der Waals surface area contributed by atoms with Crippen molar-refractivity contribution in [2.45, 2.75) is 26.4 Å². The quantitative estimate of drug-likeness (QED) is 0.819. The largest absolute Gasteiger partial charge is 0.435 e. The number of ether oxygens (including phenoxy) is 1. The average Bonchev–Trinajstić information content (AvgIpc) is 2.51. The third-order valence-electron chi connectivity index (χ3n) is 2.68. The second-order valence-corrected chi connectivity index (χ2v) is 4.02. The Labute approximate surface area is 93.6 Å². The van der Waals surface area contributed by atoms with E-state index in [2.05, 4.69) is 5.32 Å². The van der Waals surface area contributed by atoms with Gasteiger partial charge in [0.15, 0.2) is 6.10 Å². The van der Waals surface area contributed by atoms with Crippen molar-refractivity contribution >= 4 is 12.0 Å². The Morgan fingerprint density at radius 3 is 2.69 bits per heavy atom. The molecule has 2 amide bonds. The van der Waals surface area contributed by atoms with Crippen LogP contribution in [0.15, 0.2) is 18.2 Å². The van der Waals surface area contributed by atoms with Crippen LogP contribution in [0.4, 0.5) is 4.79 Å². The van der Waals surface area contributed by atoms with Gasteiger partial charge in [0.2, 0.25) is 0 Å². The van der Waals surface area contributed by atoms with Gasteiger partial charge in [0.05, 0.1) is 0 Å². The molecule has 1 atom stereocenters. The van der Waals surface area contributed by atoms with E-state index in [4.69, 9.17) is 4.74 Å². The highest BCUT2D eigenvalue weighted by Gasteiger charge is 2.32. The maximum Gasteiger partial charge on any atom is 0.414 e. The molecule has 0 saturated carbocycles. The van der Waals surface area contributed by atoms with E-state index in [0.717, 1.165) is 16.7 Å². The number of benzene rings is 1. The summed E-state index contributed by atoms with van der Waals surface area (Å²) in [6.07, 6.45) is -0.904. The smallest absolute Gasteiger partial charge is 0.414 e. The van der Waals surface area contributed by atoms with Gasteiger partial charge in [0.25, 0.3) is 5.91 Å². The van der Waals surface area contributed by atoms with Crippen LogP contribution in [0.3, 0.4) is 0 Å². The van der Waals surface area contributed by atoms with Gasteiger partial charge in [-0.1, -0.05) is 23.8 Å². The van der Waals surface area contributed by atoms with Crippen molar-refractivity contribution in [1.82, 2.24) is 5.32 Å². The first kappa shape index (κ1) is 10.7. The highest BCUT2D eigenvalue weighted by atomic mass is 16.6. The summed E-state index contributed by atoms with van der Waals surface area (Å²) in [6, 6.07) is 6.02. The normalized spacial score (nSPS) is 19.5. The second kappa shape index (κ2) is 3.96. The molecule has 0 aliphatic carbocycles. The van der Waals surface area contributed by atoms with Gasteiger partial charge in [-0.05, 0) is 25.0 Å². The van der Waals surface area contributed by atoms with Crippen molar-refractivity contribution in [3.05, 3.63) is 34.9 Å². The van der Waals surface area contributed by atoms with Crippen LogP contribution in [0.25, 0.3) is 0 Å². The molecule has 1 N–H and O–H groups in total. The van der Waals surface area contributed by atoms with E-state index in [1.54, 1.807) is 0 Å². The minimum atomic E-state index is -0.687. The number of nitrogens with one attached hydrogen (secondary N) is 1. The summed E-state index contributed by atoms with van der Waals surface area (Å²) in [5.41, 5.74) is 3.27. The molecule has 16 heavy (non-hydrogen) atoms. The number of carbonyl (C=O) groups is 2. The van der Waals surface area contributed by atoms with Crippen molar-refractivity contribution < 1.29 is 14.3 Å². The molecular formula is C12H13NO3. The molecule has 0 radical (unpaired) electrons. The fraction of sp³-hybridized carbons (Fsp3) is 0.333. The van der Waals surface area contributed by atoms with Crippen molar-refractivity contribution in [3.63, 3.8) is 0 Å². The second-order valence-electron chi connectivity index (χ2n) is 4.02. The van der Waals surface area contributed by atoms with Gasteiger partial charge in [0, 0.05) is 6.42 Å². The fourth-order valence-electron chi connectivity index (χ4n) is 1.75. The van der Waals surface area contributed by atoms with Crippen molar-refractivity contribution in [3.8, 4) is 0 Å². The van der Waals surface area contributed by atoms with E-state index < -0.39 is 12.2 Å². The SMILES string of the molecule is Cc1ccc(C)c(CC2OC(=O)NC2=O)c1. The lowest BCUT2D eigenvalue weighted by atomic mass is 10.00. The molecule has 4 heteroatoms. The number of amides is 2. The third kappa shape index (κ3) is 2.05. The lowest BCUT2D eigenvalue weighted by Crippen LogP contribution is -2.26. The minimum Gasteiger partial charge on any atom is -0.435 e. The van der Waals surface area contributed by atoms with Gasteiger partial charge in [-0.15, -0.1) is 0 Å². The molecule has 4 nitrogen and oxygen atoms in total. The number of alkyl carbamates (subject to hydrolysis) is 1. The number of aryl methyl sites for hydroxylation is 2. The molecule has 1 heterocycles. The number of hydrogen-bond donors (Lipinski definition) is 1. The van der Waals surface area contributed by atoms with E-state index in [0.29, 0.717) is 6.42 Å². The summed E-state index contributed by atoms with van der Waals surface area (Å²) in [6.45, 7) is 3.97. The summed E-state index contributed by atoms with van der Waals surface area (Å²) in [5.74, 6) is -0.356. The predicted molar refractivity (Wildman–Crippen MR) is 58.0 cm³/mol. The topological polar surface area (TPSA) is 55.4 Å². The van der Waals surface area contributed by atoms with Gasteiger partial charge in [0.1, 0.15) is 0 Å². The molecular weight excluding hydrogens is 206 g/mol. The lowest BCUT2D eigenvalue weighted by molar-refractivity contribution is -0.123. The first-order chi connectivity index (χ1) is 7.56. The number of imide groups is 1. The molecule has 1 aromatic rings. The van der Waals surface area contributed by atoms with Gasteiger partial charge >= 0.3 is 6.09 Å². The van der Waals surface area contributed by atoms with Gasteiger partial charge < -0.3 is 4.74 Å². The number of hydrogen-bond acceptors (Lipinski definition) is 3. The Hall–Kier alpha value is -1.84. The Kier molecular flexibility index (Phi) is 2.64. The average molecular weight is 219 g/mol. The predicted octanol–water partition coefficient (Wildman–Crippen LogP) is 1.48. The molecule has 1 aliphatic rings. The summed E-state index contributed by atoms with van der Waals surface area (Å²) in [5, 5.41) is 2.12. The fourth-order valence-corrected chi connectivity index (χ4v) is 1.75. The zero-order valence-electron chi connectivity index (χ0n) is 9.24. The zero-order chi connectivity index (χ0) is 11.7. The van der Waals surface area contributed by atoms with Gasteiger partial charge in [-0.2, -0.15) is 0 Å². The zero-order valence-corrected chi connectivity index (χ0v) is 9.24. The van der Waals surface area contributed by atoms with E-state index in [9.17, 15) is 9.59 Å². The van der Waals surface area contributed by atoms with Crippen LogP contribution in [-0.4, -0.2) is 18.1 Å².